The highest BCUT2D eigenvalue weighted by molar-refractivity contribution is 9.10. The van der Waals surface area contributed by atoms with Gasteiger partial charge in [-0.05, 0) is 55.9 Å². The molecule has 1 unspecified atom stereocenters. The molecule has 1 saturated carbocycles. The number of hydrogen-bond donors (Lipinski definition) is 2. The lowest BCUT2D eigenvalue weighted by molar-refractivity contribution is -0.0834. The zero-order chi connectivity index (χ0) is 14.6. The SMILES string of the molecule is COc1ccc(Br)cc1CC(CC1(OC)CCC1)NN. The van der Waals surface area contributed by atoms with Crippen molar-refractivity contribution >= 4 is 15.9 Å². The van der Waals surface area contributed by atoms with Crippen LogP contribution in [0.15, 0.2) is 22.7 Å². The van der Waals surface area contributed by atoms with Crippen LogP contribution in [-0.2, 0) is 11.2 Å². The van der Waals surface area contributed by atoms with E-state index in [1.54, 1.807) is 14.2 Å². The number of rotatable bonds is 7. The Balaban J connectivity index is 2.08. The molecule has 2 rings (SSSR count). The largest absolute Gasteiger partial charge is 0.496 e. The van der Waals surface area contributed by atoms with Crippen LogP contribution in [0.3, 0.4) is 0 Å². The number of halogens is 1. The lowest BCUT2D eigenvalue weighted by atomic mass is 9.75. The Kier molecular flexibility index (Phi) is 5.43. The summed E-state index contributed by atoms with van der Waals surface area (Å²) in [5.41, 5.74) is 4.09. The molecule has 1 fully saturated rings. The van der Waals surface area contributed by atoms with Gasteiger partial charge in [0.1, 0.15) is 5.75 Å². The summed E-state index contributed by atoms with van der Waals surface area (Å²) in [6.45, 7) is 0. The second-order valence-corrected chi connectivity index (χ2v) is 6.38. The molecular weight excluding hydrogens is 320 g/mol. The predicted octanol–water partition coefficient (Wildman–Crippen LogP) is 2.79. The van der Waals surface area contributed by atoms with Crippen LogP contribution < -0.4 is 16.0 Å². The molecule has 0 saturated heterocycles. The summed E-state index contributed by atoms with van der Waals surface area (Å²) in [6, 6.07) is 6.22. The van der Waals surface area contributed by atoms with Crippen LogP contribution >= 0.6 is 15.9 Å². The standard InChI is InChI=1S/C15H23BrN2O2/c1-19-14-5-4-12(16)8-11(14)9-13(18-17)10-15(20-2)6-3-7-15/h4-5,8,13,18H,3,6-7,9-10,17H2,1-2H3. The molecule has 1 aliphatic rings. The zero-order valence-electron chi connectivity index (χ0n) is 12.1. The molecule has 0 spiro atoms. The maximum Gasteiger partial charge on any atom is 0.122 e. The lowest BCUT2D eigenvalue weighted by Crippen LogP contribution is -2.48. The number of benzene rings is 1. The summed E-state index contributed by atoms with van der Waals surface area (Å²) < 4.78 is 12.2. The Labute approximate surface area is 129 Å². The van der Waals surface area contributed by atoms with E-state index in [2.05, 4.69) is 27.4 Å². The van der Waals surface area contributed by atoms with E-state index in [1.165, 1.54) is 6.42 Å². The van der Waals surface area contributed by atoms with Crippen molar-refractivity contribution in [2.75, 3.05) is 14.2 Å². The lowest BCUT2D eigenvalue weighted by Gasteiger charge is -2.42. The molecule has 0 heterocycles. The van der Waals surface area contributed by atoms with Crippen molar-refractivity contribution in [3.8, 4) is 5.75 Å². The van der Waals surface area contributed by atoms with Gasteiger partial charge in [0.25, 0.3) is 0 Å². The van der Waals surface area contributed by atoms with Crippen molar-refractivity contribution in [3.63, 3.8) is 0 Å². The Morgan fingerprint density at radius 1 is 1.40 bits per heavy atom. The summed E-state index contributed by atoms with van der Waals surface area (Å²) in [5, 5.41) is 0. The normalized spacial score (nSPS) is 18.4. The second kappa shape index (κ2) is 6.89. The van der Waals surface area contributed by atoms with E-state index in [4.69, 9.17) is 15.3 Å². The molecule has 1 aliphatic carbocycles. The maximum absolute atomic E-state index is 5.73. The molecule has 1 atom stereocenters. The van der Waals surface area contributed by atoms with Gasteiger partial charge in [0.15, 0.2) is 0 Å². The van der Waals surface area contributed by atoms with E-state index in [0.717, 1.165) is 41.5 Å². The van der Waals surface area contributed by atoms with Crippen molar-refractivity contribution in [2.24, 2.45) is 5.84 Å². The average Bonchev–Trinajstić information content (AvgIpc) is 2.41. The molecule has 0 bridgehead atoms. The van der Waals surface area contributed by atoms with E-state index < -0.39 is 0 Å². The summed E-state index contributed by atoms with van der Waals surface area (Å²) in [7, 11) is 3.49. The fourth-order valence-corrected chi connectivity index (χ4v) is 3.28. The van der Waals surface area contributed by atoms with Gasteiger partial charge in [0.05, 0.1) is 12.7 Å². The topological polar surface area (TPSA) is 56.5 Å². The maximum atomic E-state index is 5.73. The molecule has 0 amide bonds. The fraction of sp³-hybridized carbons (Fsp3) is 0.600. The Bertz CT molecular complexity index is 444. The number of hydrogen-bond acceptors (Lipinski definition) is 4. The molecule has 4 nitrogen and oxygen atoms in total. The first-order valence-corrected chi connectivity index (χ1v) is 7.75. The molecule has 20 heavy (non-hydrogen) atoms. The Morgan fingerprint density at radius 3 is 2.65 bits per heavy atom. The number of hydrazine groups is 1. The average molecular weight is 343 g/mol. The van der Waals surface area contributed by atoms with Crippen molar-refractivity contribution in [3.05, 3.63) is 28.2 Å². The molecule has 0 aliphatic heterocycles. The van der Waals surface area contributed by atoms with E-state index in [-0.39, 0.29) is 11.6 Å². The first-order chi connectivity index (χ1) is 9.62. The predicted molar refractivity (Wildman–Crippen MR) is 83.7 cm³/mol. The zero-order valence-corrected chi connectivity index (χ0v) is 13.7. The summed E-state index contributed by atoms with van der Waals surface area (Å²) in [4.78, 5) is 0. The van der Waals surface area contributed by atoms with Crippen LogP contribution in [0.1, 0.15) is 31.2 Å². The molecule has 1 aromatic rings. The van der Waals surface area contributed by atoms with Crippen molar-refractivity contribution in [1.82, 2.24) is 5.43 Å². The van der Waals surface area contributed by atoms with E-state index in [9.17, 15) is 0 Å². The van der Waals surface area contributed by atoms with Gasteiger partial charge < -0.3 is 9.47 Å². The minimum absolute atomic E-state index is 0.0102. The van der Waals surface area contributed by atoms with Gasteiger partial charge in [-0.25, -0.2) is 0 Å². The summed E-state index contributed by atoms with van der Waals surface area (Å²) in [5.74, 6) is 6.63. The Hall–Kier alpha value is -0.620. The first kappa shape index (κ1) is 15.8. The molecule has 112 valence electrons. The van der Waals surface area contributed by atoms with Gasteiger partial charge in [-0.2, -0.15) is 0 Å². The molecular formula is C15H23BrN2O2. The van der Waals surface area contributed by atoms with E-state index in [1.807, 2.05) is 12.1 Å². The van der Waals surface area contributed by atoms with Crippen LogP contribution in [0, 0.1) is 0 Å². The third-order valence-corrected chi connectivity index (χ3v) is 4.75. The van der Waals surface area contributed by atoms with Crippen molar-refractivity contribution in [2.45, 2.75) is 43.7 Å². The molecule has 5 heteroatoms. The fourth-order valence-electron chi connectivity index (χ4n) is 2.87. The van der Waals surface area contributed by atoms with Gasteiger partial charge in [0.2, 0.25) is 0 Å². The minimum atomic E-state index is 0.0102. The monoisotopic (exact) mass is 342 g/mol. The summed E-state index contributed by atoms with van der Waals surface area (Å²) >= 11 is 3.51. The van der Waals surface area contributed by atoms with Gasteiger partial charge in [-0.3, -0.25) is 11.3 Å². The summed E-state index contributed by atoms with van der Waals surface area (Å²) in [6.07, 6.45) is 5.24. The number of nitrogens with two attached hydrogens (primary N) is 1. The smallest absolute Gasteiger partial charge is 0.122 e. The third-order valence-electron chi connectivity index (χ3n) is 4.26. The van der Waals surface area contributed by atoms with Crippen LogP contribution in [0.4, 0.5) is 0 Å². The number of nitrogens with one attached hydrogen (secondary N) is 1. The quantitative estimate of drug-likeness (QED) is 0.590. The molecule has 1 aromatic carbocycles. The van der Waals surface area contributed by atoms with Gasteiger partial charge in [-0.15, -0.1) is 0 Å². The molecule has 0 radical (unpaired) electrons. The minimum Gasteiger partial charge on any atom is -0.496 e. The highest BCUT2D eigenvalue weighted by Crippen LogP contribution is 2.39. The third kappa shape index (κ3) is 3.52. The highest BCUT2D eigenvalue weighted by Gasteiger charge is 2.38. The van der Waals surface area contributed by atoms with Gasteiger partial charge >= 0.3 is 0 Å². The molecule has 3 N–H and O–H groups in total. The van der Waals surface area contributed by atoms with Crippen LogP contribution in [0.2, 0.25) is 0 Å². The van der Waals surface area contributed by atoms with Crippen molar-refractivity contribution in [1.29, 1.82) is 0 Å². The van der Waals surface area contributed by atoms with Crippen molar-refractivity contribution < 1.29 is 9.47 Å². The van der Waals surface area contributed by atoms with Crippen LogP contribution in [0.5, 0.6) is 5.75 Å². The highest BCUT2D eigenvalue weighted by atomic mass is 79.9. The van der Waals surface area contributed by atoms with Gasteiger partial charge in [-0.1, -0.05) is 15.9 Å². The number of ether oxygens (including phenoxy) is 2. The second-order valence-electron chi connectivity index (χ2n) is 5.47. The van der Waals surface area contributed by atoms with Crippen LogP contribution in [0.25, 0.3) is 0 Å². The molecule has 0 aromatic heterocycles. The van der Waals surface area contributed by atoms with Gasteiger partial charge in [0, 0.05) is 17.6 Å². The Morgan fingerprint density at radius 2 is 2.15 bits per heavy atom. The van der Waals surface area contributed by atoms with E-state index >= 15 is 0 Å². The van der Waals surface area contributed by atoms with Crippen LogP contribution in [-0.4, -0.2) is 25.9 Å². The van der Waals surface area contributed by atoms with E-state index in [0.29, 0.717) is 0 Å². The number of methoxy groups -OCH3 is 2. The first-order valence-electron chi connectivity index (χ1n) is 6.96.